The van der Waals surface area contributed by atoms with E-state index in [1.165, 1.54) is 16.7 Å². The first kappa shape index (κ1) is 29.6. The van der Waals surface area contributed by atoms with Gasteiger partial charge in [-0.25, -0.2) is 4.79 Å². The summed E-state index contributed by atoms with van der Waals surface area (Å²) in [5.74, 6) is -0.599. The number of aromatic hydroxyl groups is 1. The molecule has 192 valence electrons. The molecule has 3 amide bonds. The molecule has 0 saturated heterocycles. The number of para-hydroxylation sites is 1. The number of hydrogen-bond acceptors (Lipinski definition) is 7. The first-order valence-electron chi connectivity index (χ1n) is 11.3. The Balaban J connectivity index is 3.46. The summed E-state index contributed by atoms with van der Waals surface area (Å²) in [6.45, 7) is 9.84. The maximum Gasteiger partial charge on any atom is 0.408 e. The third kappa shape index (κ3) is 9.06. The second-order valence-corrected chi connectivity index (χ2v) is 10.3. The predicted molar refractivity (Wildman–Crippen MR) is 134 cm³/mol. The van der Waals surface area contributed by atoms with Crippen LogP contribution in [0.2, 0.25) is 0 Å². The lowest BCUT2D eigenvalue weighted by molar-refractivity contribution is -0.143. The summed E-state index contributed by atoms with van der Waals surface area (Å²) in [5, 5.41) is 25.9. The number of carbonyl (C=O) groups is 3. The predicted octanol–water partition coefficient (Wildman–Crippen LogP) is 2.73. The summed E-state index contributed by atoms with van der Waals surface area (Å²) in [5.41, 5.74) is 0.0255. The number of ether oxygens (including phenoxy) is 1. The molecule has 9 nitrogen and oxygen atoms in total. The first-order chi connectivity index (χ1) is 15.8. The van der Waals surface area contributed by atoms with Crippen molar-refractivity contribution in [3.63, 3.8) is 0 Å². The summed E-state index contributed by atoms with van der Waals surface area (Å²) in [6, 6.07) is 2.53. The Morgan fingerprint density at radius 2 is 1.82 bits per heavy atom. The smallest absolute Gasteiger partial charge is 0.408 e. The first-order valence-corrected chi connectivity index (χ1v) is 12.7. The molecule has 1 aromatic carbocycles. The Morgan fingerprint density at radius 1 is 1.18 bits per heavy atom. The molecular formula is C24H39N3O6S. The summed E-state index contributed by atoms with van der Waals surface area (Å²) in [4.78, 5) is 40.6. The second-order valence-electron chi connectivity index (χ2n) is 9.31. The van der Waals surface area contributed by atoms with E-state index in [2.05, 4.69) is 10.6 Å². The molecule has 34 heavy (non-hydrogen) atoms. The summed E-state index contributed by atoms with van der Waals surface area (Å²) < 4.78 is 5.32. The highest BCUT2D eigenvalue weighted by Gasteiger charge is 2.37. The van der Waals surface area contributed by atoms with Crippen LogP contribution < -0.4 is 10.6 Å². The molecule has 1 rings (SSSR count). The number of thioether (sulfide) groups is 1. The van der Waals surface area contributed by atoms with Crippen LogP contribution >= 0.6 is 11.8 Å². The van der Waals surface area contributed by atoms with Gasteiger partial charge in [0, 0.05) is 18.2 Å². The summed E-state index contributed by atoms with van der Waals surface area (Å²) in [6.07, 6.45) is 1.42. The highest BCUT2D eigenvalue weighted by atomic mass is 32.2. The molecule has 0 radical (unpaired) electrons. The molecule has 4 N–H and O–H groups in total. The van der Waals surface area contributed by atoms with Gasteiger partial charge < -0.3 is 30.5 Å². The molecule has 10 heteroatoms. The molecule has 1 aromatic rings. The lowest BCUT2D eigenvalue weighted by atomic mass is 9.98. The van der Waals surface area contributed by atoms with Gasteiger partial charge in [-0.1, -0.05) is 18.2 Å². The minimum Gasteiger partial charge on any atom is -0.507 e. The van der Waals surface area contributed by atoms with Crippen LogP contribution in [0.4, 0.5) is 4.79 Å². The van der Waals surface area contributed by atoms with Gasteiger partial charge in [-0.15, -0.1) is 0 Å². The molecule has 0 bridgehead atoms. The van der Waals surface area contributed by atoms with Crippen molar-refractivity contribution in [3.05, 3.63) is 29.3 Å². The van der Waals surface area contributed by atoms with Crippen LogP contribution in [0.25, 0.3) is 0 Å². The van der Waals surface area contributed by atoms with Crippen molar-refractivity contribution in [1.29, 1.82) is 0 Å². The Hall–Kier alpha value is -2.46. The average Bonchev–Trinajstić information content (AvgIpc) is 2.71. The Bertz CT molecular complexity index is 840. The van der Waals surface area contributed by atoms with E-state index in [0.717, 1.165) is 0 Å². The molecule has 0 aliphatic rings. The van der Waals surface area contributed by atoms with E-state index < -0.39 is 42.2 Å². The maximum absolute atomic E-state index is 13.7. The quantitative estimate of drug-likeness (QED) is 0.370. The van der Waals surface area contributed by atoms with E-state index in [9.17, 15) is 24.6 Å². The van der Waals surface area contributed by atoms with Gasteiger partial charge in [0.15, 0.2) is 0 Å². The highest BCUT2D eigenvalue weighted by molar-refractivity contribution is 7.98. The number of aliphatic hydroxyl groups is 1. The van der Waals surface area contributed by atoms with Crippen LogP contribution in [0.1, 0.15) is 58.2 Å². The zero-order chi connectivity index (χ0) is 26.1. The van der Waals surface area contributed by atoms with Gasteiger partial charge in [-0.3, -0.25) is 9.59 Å². The van der Waals surface area contributed by atoms with Gasteiger partial charge in [0.1, 0.15) is 23.4 Å². The van der Waals surface area contributed by atoms with Gasteiger partial charge in [-0.2, -0.15) is 11.8 Å². The van der Waals surface area contributed by atoms with Crippen LogP contribution in [-0.2, 0) is 14.3 Å². The van der Waals surface area contributed by atoms with E-state index in [1.54, 1.807) is 59.7 Å². The topological polar surface area (TPSA) is 128 Å². The molecule has 0 aliphatic heterocycles. The maximum atomic E-state index is 13.7. The van der Waals surface area contributed by atoms with Gasteiger partial charge >= 0.3 is 6.09 Å². The van der Waals surface area contributed by atoms with E-state index in [-0.39, 0.29) is 23.9 Å². The van der Waals surface area contributed by atoms with Gasteiger partial charge in [0.2, 0.25) is 11.8 Å². The number of alkyl carbamates (subject to hydrolysis) is 1. The van der Waals surface area contributed by atoms with E-state index in [4.69, 9.17) is 4.74 Å². The summed E-state index contributed by atoms with van der Waals surface area (Å²) >= 11 is 1.51. The minimum absolute atomic E-state index is 0.108. The fraction of sp³-hybridized carbons (Fsp3) is 0.625. The van der Waals surface area contributed by atoms with E-state index in [0.29, 0.717) is 17.7 Å². The van der Waals surface area contributed by atoms with Crippen molar-refractivity contribution in [2.75, 3.05) is 25.2 Å². The second kappa shape index (κ2) is 13.4. The van der Waals surface area contributed by atoms with Crippen molar-refractivity contribution >= 4 is 29.7 Å². The SMILES string of the molecule is CSCCC(NC(=O)OC(C)(C)C)C(=O)N(CCO)C(C(=O)NC(C)C)c1cccc(C)c1O. The molecule has 0 aromatic heterocycles. The number of phenols is 1. The molecular weight excluding hydrogens is 458 g/mol. The van der Waals surface area contributed by atoms with E-state index >= 15 is 0 Å². The van der Waals surface area contributed by atoms with E-state index in [1.807, 2.05) is 6.26 Å². The van der Waals surface area contributed by atoms with Crippen LogP contribution in [0.5, 0.6) is 5.75 Å². The van der Waals surface area contributed by atoms with Crippen LogP contribution in [0.15, 0.2) is 18.2 Å². The number of benzene rings is 1. The molecule has 2 unspecified atom stereocenters. The number of phenolic OH excluding ortho intramolecular Hbond substituents is 1. The number of aliphatic hydroxyl groups excluding tert-OH is 1. The Morgan fingerprint density at radius 3 is 2.35 bits per heavy atom. The van der Waals surface area contributed by atoms with Crippen LogP contribution in [0.3, 0.4) is 0 Å². The largest absolute Gasteiger partial charge is 0.507 e. The van der Waals surface area contributed by atoms with Crippen molar-refractivity contribution < 1.29 is 29.3 Å². The third-order valence-corrected chi connectivity index (χ3v) is 5.42. The zero-order valence-electron chi connectivity index (χ0n) is 21.2. The standard InChI is InChI=1S/C24H39N3O6S/c1-15(2)25-21(30)19(17-10-8-9-16(3)20(17)29)27(12-13-28)22(31)18(11-14-34-7)26-23(32)33-24(4,5)6/h8-10,15,18-19,28-29H,11-14H2,1-7H3,(H,25,30)(H,26,32). The van der Waals surface area contributed by atoms with Crippen LogP contribution in [-0.4, -0.2) is 75.9 Å². The van der Waals surface area contributed by atoms with Crippen molar-refractivity contribution in [2.45, 2.75) is 71.7 Å². The number of rotatable bonds is 11. The Labute approximate surface area is 206 Å². The lowest BCUT2D eigenvalue weighted by Gasteiger charge is -2.34. The van der Waals surface area contributed by atoms with Gasteiger partial charge in [0.05, 0.1) is 6.61 Å². The molecule has 2 atom stereocenters. The number of carbonyl (C=O) groups excluding carboxylic acids is 3. The Kier molecular flexibility index (Phi) is 11.7. The van der Waals surface area contributed by atoms with Gasteiger partial charge in [-0.05, 0) is 65.5 Å². The zero-order valence-corrected chi connectivity index (χ0v) is 22.0. The fourth-order valence-corrected chi connectivity index (χ4v) is 3.81. The number of nitrogens with one attached hydrogen (secondary N) is 2. The number of aryl methyl sites for hydroxylation is 1. The van der Waals surface area contributed by atoms with Crippen molar-refractivity contribution in [2.24, 2.45) is 0 Å². The van der Waals surface area contributed by atoms with Crippen molar-refractivity contribution in [3.8, 4) is 5.75 Å². The minimum atomic E-state index is -1.21. The highest BCUT2D eigenvalue weighted by Crippen LogP contribution is 2.32. The molecule has 0 heterocycles. The fourth-order valence-electron chi connectivity index (χ4n) is 3.33. The lowest BCUT2D eigenvalue weighted by Crippen LogP contribution is -2.54. The van der Waals surface area contributed by atoms with Gasteiger partial charge in [0.25, 0.3) is 0 Å². The number of hydrogen-bond donors (Lipinski definition) is 4. The van der Waals surface area contributed by atoms with Crippen molar-refractivity contribution in [1.82, 2.24) is 15.5 Å². The molecule has 0 spiro atoms. The number of amides is 3. The normalized spacial score (nSPS) is 13.2. The number of nitrogens with zero attached hydrogens (tertiary/aromatic N) is 1. The van der Waals surface area contributed by atoms with Crippen LogP contribution in [0, 0.1) is 6.92 Å². The average molecular weight is 498 g/mol. The summed E-state index contributed by atoms with van der Waals surface area (Å²) in [7, 11) is 0. The third-order valence-electron chi connectivity index (χ3n) is 4.78. The monoisotopic (exact) mass is 497 g/mol. The molecule has 0 fully saturated rings. The molecule has 0 aliphatic carbocycles. The molecule has 0 saturated carbocycles.